The zero-order valence-corrected chi connectivity index (χ0v) is 32.1. The maximum atomic E-state index is 13.7. The van der Waals surface area contributed by atoms with Crippen molar-refractivity contribution in [2.24, 2.45) is 0 Å². The summed E-state index contributed by atoms with van der Waals surface area (Å²) in [6, 6.07) is 19.3. The lowest BCUT2D eigenvalue weighted by atomic mass is 9.99. The number of hydrogen-bond donors (Lipinski definition) is 2. The number of piperazine rings is 1. The molecule has 2 fully saturated rings. The number of benzene rings is 3. The quantitative estimate of drug-likeness (QED) is 0.159. The SMILES string of the molecule is CCc1cc(Nc2ncc(Br)c(Nc3ccc(-c4ccccc4)c(C)c3P(C)(C)=O)n2)c(OC)cc1N1CCC(N2CCN(C)CC2)CC1. The molecule has 11 heteroatoms. The Morgan fingerprint density at radius 3 is 2.33 bits per heavy atom. The molecule has 0 unspecified atom stereocenters. The van der Waals surface area contributed by atoms with Crippen molar-refractivity contribution < 1.29 is 9.30 Å². The number of aromatic nitrogens is 2. The zero-order chi connectivity index (χ0) is 34.7. The van der Waals surface area contributed by atoms with E-state index in [0.717, 1.165) is 71.7 Å². The van der Waals surface area contributed by atoms with Gasteiger partial charge in [0.25, 0.3) is 0 Å². The summed E-state index contributed by atoms with van der Waals surface area (Å²) in [7, 11) is 1.26. The molecule has 0 atom stereocenters. The Labute approximate surface area is 300 Å². The van der Waals surface area contributed by atoms with Crippen LogP contribution in [0.4, 0.5) is 28.8 Å². The van der Waals surface area contributed by atoms with Crippen molar-refractivity contribution >= 4 is 57.2 Å². The molecule has 3 heterocycles. The van der Waals surface area contributed by atoms with E-state index < -0.39 is 7.14 Å². The summed E-state index contributed by atoms with van der Waals surface area (Å²) in [5, 5.41) is 7.71. The lowest BCUT2D eigenvalue weighted by Crippen LogP contribution is -2.52. The number of halogens is 1. The van der Waals surface area contributed by atoms with Crippen LogP contribution in [0.25, 0.3) is 11.1 Å². The van der Waals surface area contributed by atoms with Crippen molar-refractivity contribution in [3.63, 3.8) is 0 Å². The molecule has 3 aromatic carbocycles. The first-order valence-electron chi connectivity index (χ1n) is 17.2. The van der Waals surface area contributed by atoms with Crippen LogP contribution >= 0.6 is 23.1 Å². The van der Waals surface area contributed by atoms with Crippen molar-refractivity contribution in [2.45, 2.75) is 39.2 Å². The van der Waals surface area contributed by atoms with Gasteiger partial charge in [-0.05, 0) is 96.9 Å². The number of rotatable bonds is 10. The highest BCUT2D eigenvalue weighted by molar-refractivity contribution is 9.10. The predicted molar refractivity (Wildman–Crippen MR) is 209 cm³/mol. The first-order valence-corrected chi connectivity index (χ1v) is 20.6. The van der Waals surface area contributed by atoms with Crippen LogP contribution in [0.3, 0.4) is 0 Å². The minimum absolute atomic E-state index is 0.433. The second-order valence-electron chi connectivity index (χ2n) is 13.6. The minimum Gasteiger partial charge on any atom is -0.494 e. The number of nitrogens with zero attached hydrogens (tertiary/aromatic N) is 5. The molecule has 1 aromatic heterocycles. The molecule has 0 spiro atoms. The summed E-state index contributed by atoms with van der Waals surface area (Å²) in [6.45, 7) is 14.6. The fourth-order valence-corrected chi connectivity index (χ4v) is 9.23. The molecule has 0 amide bonds. The second-order valence-corrected chi connectivity index (χ2v) is 17.6. The lowest BCUT2D eigenvalue weighted by Gasteiger charge is -2.43. The molecular formula is C38H49BrN7O2P. The van der Waals surface area contributed by atoms with Crippen LogP contribution in [-0.2, 0) is 11.0 Å². The molecule has 2 aliphatic rings. The Balaban J connectivity index is 1.23. The van der Waals surface area contributed by atoms with E-state index in [2.05, 4.69) is 90.6 Å². The van der Waals surface area contributed by atoms with Gasteiger partial charge in [0.15, 0.2) is 0 Å². The number of ether oxygens (including phenoxy) is 1. The molecule has 260 valence electrons. The molecule has 0 bridgehead atoms. The normalized spacial score (nSPS) is 16.5. The summed E-state index contributed by atoms with van der Waals surface area (Å²) < 4.78 is 20.3. The van der Waals surface area contributed by atoms with E-state index in [9.17, 15) is 4.57 Å². The largest absolute Gasteiger partial charge is 0.494 e. The average Bonchev–Trinajstić information content (AvgIpc) is 3.10. The predicted octanol–water partition coefficient (Wildman–Crippen LogP) is 7.74. The van der Waals surface area contributed by atoms with Gasteiger partial charge in [-0.25, -0.2) is 4.98 Å². The van der Waals surface area contributed by atoms with E-state index in [0.29, 0.717) is 22.3 Å². The van der Waals surface area contributed by atoms with E-state index in [4.69, 9.17) is 9.72 Å². The van der Waals surface area contributed by atoms with Crippen molar-refractivity contribution in [2.75, 3.05) is 82.3 Å². The number of hydrogen-bond acceptors (Lipinski definition) is 9. The Bertz CT molecular complexity index is 1820. The fourth-order valence-electron chi connectivity index (χ4n) is 7.31. The van der Waals surface area contributed by atoms with Gasteiger partial charge in [-0.15, -0.1) is 0 Å². The van der Waals surface area contributed by atoms with E-state index in [-0.39, 0.29) is 0 Å². The van der Waals surface area contributed by atoms with Crippen molar-refractivity contribution in [3.8, 4) is 16.9 Å². The van der Waals surface area contributed by atoms with Gasteiger partial charge in [-0.1, -0.05) is 43.3 Å². The maximum Gasteiger partial charge on any atom is 0.229 e. The van der Waals surface area contributed by atoms with Gasteiger partial charge >= 0.3 is 0 Å². The van der Waals surface area contributed by atoms with Crippen LogP contribution in [0.2, 0.25) is 0 Å². The highest BCUT2D eigenvalue weighted by atomic mass is 79.9. The second kappa shape index (κ2) is 15.2. The van der Waals surface area contributed by atoms with Crippen LogP contribution in [0, 0.1) is 6.92 Å². The lowest BCUT2D eigenvalue weighted by molar-refractivity contribution is 0.0982. The molecule has 9 nitrogen and oxygen atoms in total. The Hall–Kier alpha value is -3.43. The van der Waals surface area contributed by atoms with E-state index in [1.165, 1.54) is 37.2 Å². The third-order valence-electron chi connectivity index (χ3n) is 9.94. The molecule has 2 aliphatic heterocycles. The van der Waals surface area contributed by atoms with Gasteiger partial charge < -0.3 is 29.7 Å². The van der Waals surface area contributed by atoms with Gasteiger partial charge in [-0.2, -0.15) is 4.98 Å². The van der Waals surface area contributed by atoms with Crippen LogP contribution < -0.4 is 25.6 Å². The standard InChI is InChI=1S/C38H49BrN7O2P/c1-7-27-23-33(35(48-4)24-34(27)46-17-15-29(16-18-46)45-21-19-44(3)20-22-45)42-38-40-25-31(39)37(43-38)41-32-14-13-30(28-11-9-8-10-12-28)26(2)36(32)49(5,6)47/h8-14,23-25,29H,7,15-22H2,1-6H3,(H2,40,41,42,43). The molecule has 6 rings (SSSR count). The maximum absolute atomic E-state index is 13.7. The van der Waals surface area contributed by atoms with Crippen molar-refractivity contribution in [1.82, 2.24) is 19.8 Å². The third kappa shape index (κ3) is 7.99. The van der Waals surface area contributed by atoms with Gasteiger partial charge in [-0.3, -0.25) is 4.90 Å². The van der Waals surface area contributed by atoms with E-state index >= 15 is 0 Å². The van der Waals surface area contributed by atoms with Crippen LogP contribution in [-0.4, -0.2) is 92.6 Å². The smallest absolute Gasteiger partial charge is 0.229 e. The topological polar surface area (TPSA) is 85.9 Å². The van der Waals surface area contributed by atoms with Crippen molar-refractivity contribution in [3.05, 3.63) is 76.4 Å². The molecular weight excluding hydrogens is 697 g/mol. The first kappa shape index (κ1) is 35.4. The van der Waals surface area contributed by atoms with Gasteiger partial charge in [0, 0.05) is 68.6 Å². The Morgan fingerprint density at radius 1 is 0.959 bits per heavy atom. The number of nitrogens with one attached hydrogen (secondary N) is 2. The van der Waals surface area contributed by atoms with Crippen molar-refractivity contribution in [1.29, 1.82) is 0 Å². The van der Waals surface area contributed by atoms with Gasteiger partial charge in [0.05, 0.1) is 23.0 Å². The summed E-state index contributed by atoms with van der Waals surface area (Å²) in [4.78, 5) is 17.1. The summed E-state index contributed by atoms with van der Waals surface area (Å²) in [5.74, 6) is 1.76. The number of methoxy groups -OCH3 is 1. The molecule has 0 aliphatic carbocycles. The third-order valence-corrected chi connectivity index (χ3v) is 12.2. The zero-order valence-electron chi connectivity index (χ0n) is 29.6. The molecule has 0 radical (unpaired) electrons. The molecule has 0 saturated carbocycles. The summed E-state index contributed by atoms with van der Waals surface area (Å²) in [6.07, 6.45) is 4.99. The van der Waals surface area contributed by atoms with Crippen LogP contribution in [0.1, 0.15) is 30.9 Å². The van der Waals surface area contributed by atoms with Gasteiger partial charge in [0.1, 0.15) is 18.7 Å². The van der Waals surface area contributed by atoms with E-state index in [1.807, 2.05) is 44.5 Å². The first-order chi connectivity index (χ1) is 23.5. The molecule has 49 heavy (non-hydrogen) atoms. The summed E-state index contributed by atoms with van der Waals surface area (Å²) in [5.41, 5.74) is 7.24. The van der Waals surface area contributed by atoms with Gasteiger partial charge in [0.2, 0.25) is 5.95 Å². The highest BCUT2D eigenvalue weighted by Crippen LogP contribution is 2.43. The van der Waals surface area contributed by atoms with E-state index in [1.54, 1.807) is 13.3 Å². The minimum atomic E-state index is -2.67. The molecule has 2 saturated heterocycles. The highest BCUT2D eigenvalue weighted by Gasteiger charge is 2.28. The number of aryl methyl sites for hydroxylation is 1. The fraction of sp³-hybridized carbons (Fsp3) is 0.421. The van der Waals surface area contributed by atoms with Crippen LogP contribution in [0.5, 0.6) is 5.75 Å². The average molecular weight is 747 g/mol. The number of piperidine rings is 1. The van der Waals surface area contributed by atoms with Crippen LogP contribution in [0.15, 0.2) is 65.3 Å². The number of anilines is 5. The number of likely N-dealkylation sites (N-methyl/N-ethyl adjacent to an activating group) is 1. The molecule has 2 N–H and O–H groups in total. The molecule has 4 aromatic rings. The Morgan fingerprint density at radius 2 is 1.67 bits per heavy atom. The summed E-state index contributed by atoms with van der Waals surface area (Å²) >= 11 is 3.64. The Kier molecular flexibility index (Phi) is 11.0. The monoisotopic (exact) mass is 745 g/mol.